The van der Waals surface area contributed by atoms with Crippen LogP contribution in [0.25, 0.3) is 34.3 Å². The van der Waals surface area contributed by atoms with Crippen molar-refractivity contribution < 1.29 is 32.1 Å². The van der Waals surface area contributed by atoms with Crippen LogP contribution in [0.3, 0.4) is 0 Å². The van der Waals surface area contributed by atoms with Crippen molar-refractivity contribution in [3.8, 4) is 40.0 Å². The number of ether oxygens (including phenoxy) is 1. The predicted octanol–water partition coefficient (Wildman–Crippen LogP) is 5.65. The second-order valence-corrected chi connectivity index (χ2v) is 9.70. The monoisotopic (exact) mass is 526 g/mol. The summed E-state index contributed by atoms with van der Waals surface area (Å²) in [5.41, 5.74) is -0.127. The number of alkyl halides is 3. The van der Waals surface area contributed by atoms with Crippen molar-refractivity contribution in [2.75, 3.05) is 13.2 Å². The second-order valence-electron chi connectivity index (χ2n) is 9.70. The summed E-state index contributed by atoms with van der Waals surface area (Å²) in [6.45, 7) is 1.13. The number of fused-ring (bicyclic) bond motifs is 1. The molecule has 4 aromatic rings. The van der Waals surface area contributed by atoms with Crippen molar-refractivity contribution in [2.24, 2.45) is 5.92 Å². The third-order valence-electron chi connectivity index (χ3n) is 7.18. The van der Waals surface area contributed by atoms with E-state index in [0.717, 1.165) is 6.54 Å². The van der Waals surface area contributed by atoms with E-state index in [1.807, 2.05) is 0 Å². The van der Waals surface area contributed by atoms with E-state index in [0.29, 0.717) is 22.8 Å². The molecule has 2 aromatic heterocycles. The number of benzene rings is 2. The molecule has 2 atom stereocenters. The van der Waals surface area contributed by atoms with Crippen LogP contribution in [-0.2, 0) is 6.18 Å². The quantitative estimate of drug-likeness (QED) is 0.332. The van der Waals surface area contributed by atoms with E-state index in [9.17, 15) is 18.3 Å². The first-order valence-corrected chi connectivity index (χ1v) is 12.5. The van der Waals surface area contributed by atoms with Gasteiger partial charge in [0, 0.05) is 16.7 Å². The highest BCUT2D eigenvalue weighted by Crippen LogP contribution is 2.43. The van der Waals surface area contributed by atoms with Gasteiger partial charge in [0.2, 0.25) is 11.6 Å². The lowest BCUT2D eigenvalue weighted by Crippen LogP contribution is -2.44. The van der Waals surface area contributed by atoms with E-state index in [-0.39, 0.29) is 29.7 Å². The molecule has 0 bridgehead atoms. The van der Waals surface area contributed by atoms with Crippen LogP contribution in [0, 0.1) is 5.92 Å². The van der Waals surface area contributed by atoms with Crippen LogP contribution in [-0.4, -0.2) is 39.6 Å². The maximum absolute atomic E-state index is 14.0. The van der Waals surface area contributed by atoms with Gasteiger partial charge < -0.3 is 24.2 Å². The third kappa shape index (κ3) is 4.67. The predicted molar refractivity (Wildman–Crippen MR) is 130 cm³/mol. The molecule has 2 N–H and O–H groups in total. The minimum Gasteiger partial charge on any atom is -0.491 e. The minimum atomic E-state index is -4.77. The average molecular weight is 527 g/mol. The molecular formula is C27H25F3N4O4. The molecule has 11 heteroatoms. The van der Waals surface area contributed by atoms with Gasteiger partial charge >= 0.3 is 6.18 Å². The molecule has 1 saturated carbocycles. The van der Waals surface area contributed by atoms with E-state index in [1.54, 1.807) is 36.4 Å². The number of hydrogen-bond acceptors (Lipinski definition) is 8. The lowest BCUT2D eigenvalue weighted by atomic mass is 9.96. The van der Waals surface area contributed by atoms with Crippen molar-refractivity contribution in [3.05, 3.63) is 59.7 Å². The molecule has 1 aliphatic heterocycles. The van der Waals surface area contributed by atoms with Gasteiger partial charge in [-0.15, -0.1) is 0 Å². The summed E-state index contributed by atoms with van der Waals surface area (Å²) in [5, 5.41) is 21.8. The number of halogens is 3. The van der Waals surface area contributed by atoms with Crippen LogP contribution in [0.5, 0.6) is 5.75 Å². The van der Waals surface area contributed by atoms with Gasteiger partial charge in [-0.25, -0.2) is 0 Å². The van der Waals surface area contributed by atoms with Crippen LogP contribution in [0.1, 0.15) is 42.9 Å². The van der Waals surface area contributed by atoms with Crippen LogP contribution in [0.15, 0.2) is 57.6 Å². The van der Waals surface area contributed by atoms with Crippen molar-refractivity contribution in [1.29, 1.82) is 0 Å². The average Bonchev–Trinajstić information content (AvgIpc) is 3.69. The molecule has 0 amide bonds. The fraction of sp³-hybridized carbons (Fsp3) is 0.370. The highest BCUT2D eigenvalue weighted by molar-refractivity contribution is 5.71. The van der Waals surface area contributed by atoms with Gasteiger partial charge in [-0.3, -0.25) is 0 Å². The largest absolute Gasteiger partial charge is 0.491 e. The molecule has 6 rings (SSSR count). The Morgan fingerprint density at radius 2 is 1.76 bits per heavy atom. The van der Waals surface area contributed by atoms with Crippen molar-refractivity contribution in [3.63, 3.8) is 0 Å². The Labute approximate surface area is 215 Å². The molecule has 0 spiro atoms. The number of aliphatic hydroxyl groups is 1. The van der Waals surface area contributed by atoms with E-state index in [1.165, 1.54) is 37.8 Å². The summed E-state index contributed by atoms with van der Waals surface area (Å²) in [7, 11) is 0. The summed E-state index contributed by atoms with van der Waals surface area (Å²) >= 11 is 0. The zero-order valence-corrected chi connectivity index (χ0v) is 20.2. The Morgan fingerprint density at radius 1 is 0.974 bits per heavy atom. The number of aliphatic hydroxyl groups excluding tert-OH is 1. The van der Waals surface area contributed by atoms with Crippen molar-refractivity contribution in [2.45, 2.75) is 44.0 Å². The summed E-state index contributed by atoms with van der Waals surface area (Å²) < 4.78 is 58.1. The molecule has 8 nitrogen and oxygen atoms in total. The van der Waals surface area contributed by atoms with Crippen LogP contribution < -0.4 is 10.1 Å². The van der Waals surface area contributed by atoms with Gasteiger partial charge in [0.15, 0.2) is 0 Å². The smallest absolute Gasteiger partial charge is 0.422 e. The maximum atomic E-state index is 14.0. The number of aromatic nitrogens is 3. The van der Waals surface area contributed by atoms with E-state index in [2.05, 4.69) is 20.6 Å². The second kappa shape index (κ2) is 9.88. The van der Waals surface area contributed by atoms with Crippen molar-refractivity contribution >= 4 is 0 Å². The van der Waals surface area contributed by atoms with E-state index >= 15 is 0 Å². The maximum Gasteiger partial charge on any atom is 0.422 e. The number of nitrogens with zero attached hydrogens (tertiary/aromatic N) is 3. The number of hydrogen-bond donors (Lipinski definition) is 2. The standard InChI is InChI=1S/C27H25F3N4O4/c28-27(29,30)21-22(16-8-2-1-3-9-16)33-37-24(21)26-32-25(34-38-26)17-10-11-18-20(12-17)36-14-19(23(18)35)31-13-15-6-4-5-7-15/h1-3,8-12,15,19,23,31,35H,4-7,13-14H2/t19-,23+/m1/s1. The molecule has 1 aliphatic carbocycles. The molecule has 0 radical (unpaired) electrons. The zero-order chi connectivity index (χ0) is 26.3. The van der Waals surface area contributed by atoms with Crippen LogP contribution >= 0.6 is 0 Å². The Bertz CT molecular complexity index is 1410. The molecule has 2 aliphatic rings. The van der Waals surface area contributed by atoms with Crippen LogP contribution in [0.2, 0.25) is 0 Å². The van der Waals surface area contributed by atoms with E-state index < -0.39 is 29.5 Å². The minimum absolute atomic E-state index is 0.0492. The fourth-order valence-electron chi connectivity index (χ4n) is 5.16. The van der Waals surface area contributed by atoms with Gasteiger partial charge in [-0.1, -0.05) is 65.6 Å². The molecular weight excluding hydrogens is 501 g/mol. The number of nitrogens with one attached hydrogen (secondary N) is 1. The SMILES string of the molecule is O[C@H]1c2ccc(-c3noc(-c4onc(-c5ccccc5)c4C(F)(F)F)n3)cc2OC[C@H]1NCC1CCCC1. The molecule has 2 aromatic carbocycles. The van der Waals surface area contributed by atoms with E-state index in [4.69, 9.17) is 13.8 Å². The van der Waals surface area contributed by atoms with Gasteiger partial charge in [-0.05, 0) is 31.4 Å². The van der Waals surface area contributed by atoms with Crippen molar-refractivity contribution in [1.82, 2.24) is 20.6 Å². The summed E-state index contributed by atoms with van der Waals surface area (Å²) in [5.74, 6) is 0.0348. The van der Waals surface area contributed by atoms with Crippen LogP contribution in [0.4, 0.5) is 13.2 Å². The highest BCUT2D eigenvalue weighted by Gasteiger charge is 2.43. The molecule has 0 unspecified atom stereocenters. The molecule has 1 fully saturated rings. The molecule has 0 saturated heterocycles. The lowest BCUT2D eigenvalue weighted by molar-refractivity contribution is -0.136. The van der Waals surface area contributed by atoms with Gasteiger partial charge in [-0.2, -0.15) is 18.2 Å². The van der Waals surface area contributed by atoms with Gasteiger partial charge in [0.25, 0.3) is 5.89 Å². The lowest BCUT2D eigenvalue weighted by Gasteiger charge is -2.32. The molecule has 198 valence electrons. The fourth-order valence-corrected chi connectivity index (χ4v) is 5.16. The summed E-state index contributed by atoms with van der Waals surface area (Å²) in [6, 6.07) is 12.7. The van der Waals surface area contributed by atoms with Gasteiger partial charge in [0.1, 0.15) is 29.7 Å². The summed E-state index contributed by atoms with van der Waals surface area (Å²) in [6.07, 6.45) is -0.614. The zero-order valence-electron chi connectivity index (χ0n) is 20.2. The Hall–Kier alpha value is -3.70. The van der Waals surface area contributed by atoms with Gasteiger partial charge in [0.05, 0.1) is 6.04 Å². The Kier molecular flexibility index (Phi) is 6.40. The molecule has 3 heterocycles. The third-order valence-corrected chi connectivity index (χ3v) is 7.18. The first kappa shape index (κ1) is 24.6. The summed E-state index contributed by atoms with van der Waals surface area (Å²) in [4.78, 5) is 4.15. The first-order valence-electron chi connectivity index (χ1n) is 12.5. The highest BCUT2D eigenvalue weighted by atomic mass is 19.4. The molecule has 38 heavy (non-hydrogen) atoms. The normalized spacial score (nSPS) is 19.9. The Balaban J connectivity index is 1.24. The Morgan fingerprint density at radius 3 is 2.53 bits per heavy atom. The number of rotatable bonds is 6. The topological polar surface area (TPSA) is 106 Å². The first-order chi connectivity index (χ1) is 18.4.